The van der Waals surface area contributed by atoms with Gasteiger partial charge in [-0.05, 0) is 18.2 Å². The molecule has 1 amide bonds. The van der Waals surface area contributed by atoms with Gasteiger partial charge in [-0.3, -0.25) is 0 Å². The lowest BCUT2D eigenvalue weighted by Crippen LogP contribution is -2.18. The summed E-state index contributed by atoms with van der Waals surface area (Å²) in [5.41, 5.74) is 5.78. The Morgan fingerprint density at radius 1 is 1.59 bits per heavy atom. The first kappa shape index (κ1) is 12.1. The van der Waals surface area contributed by atoms with Gasteiger partial charge < -0.3 is 15.8 Å². The van der Waals surface area contributed by atoms with Gasteiger partial charge in [-0.25, -0.2) is 9.78 Å². The number of primary amides is 1. The lowest BCUT2D eigenvalue weighted by atomic mass is 10.3. The number of nitrogens with one attached hydrogen (secondary N) is 1. The van der Waals surface area contributed by atoms with Crippen molar-refractivity contribution >= 4 is 48.7 Å². The van der Waals surface area contributed by atoms with Crippen LogP contribution in [-0.4, -0.2) is 24.2 Å². The molecule has 1 aromatic carbocycles. The molecule has 5 nitrogen and oxygen atoms in total. The molecule has 7 heteroatoms. The van der Waals surface area contributed by atoms with Crippen molar-refractivity contribution in [2.75, 3.05) is 18.5 Å². The van der Waals surface area contributed by atoms with Crippen molar-refractivity contribution in [3.05, 3.63) is 22.7 Å². The van der Waals surface area contributed by atoms with Crippen molar-refractivity contribution in [3.63, 3.8) is 0 Å². The number of amides is 1. The van der Waals surface area contributed by atoms with Gasteiger partial charge in [0.05, 0.1) is 16.8 Å². The maximum atomic E-state index is 10.3. The van der Waals surface area contributed by atoms with Crippen molar-refractivity contribution in [3.8, 4) is 0 Å². The van der Waals surface area contributed by atoms with Crippen LogP contribution in [0.5, 0.6) is 0 Å². The van der Waals surface area contributed by atoms with E-state index in [1.807, 2.05) is 18.2 Å². The first-order valence-corrected chi connectivity index (χ1v) is 6.48. The Kier molecular flexibility index (Phi) is 3.80. The van der Waals surface area contributed by atoms with Gasteiger partial charge in [0, 0.05) is 4.47 Å². The second kappa shape index (κ2) is 5.33. The summed E-state index contributed by atoms with van der Waals surface area (Å²) in [5, 5.41) is 3.87. The first-order valence-electron chi connectivity index (χ1n) is 4.87. The predicted octanol–water partition coefficient (Wildman–Crippen LogP) is 2.57. The van der Waals surface area contributed by atoms with E-state index in [9.17, 15) is 4.79 Å². The third kappa shape index (κ3) is 3.31. The topological polar surface area (TPSA) is 77.2 Å². The minimum absolute atomic E-state index is 0.231. The van der Waals surface area contributed by atoms with E-state index in [0.717, 1.165) is 19.8 Å². The minimum atomic E-state index is -0.764. The van der Waals surface area contributed by atoms with E-state index in [1.165, 1.54) is 0 Å². The second-order valence-electron chi connectivity index (χ2n) is 3.23. The van der Waals surface area contributed by atoms with Gasteiger partial charge in [-0.1, -0.05) is 27.3 Å². The third-order valence-corrected chi connectivity index (χ3v) is 3.46. The Bertz CT molecular complexity index is 543. The van der Waals surface area contributed by atoms with Crippen LogP contribution in [0, 0.1) is 0 Å². The monoisotopic (exact) mass is 315 g/mol. The fraction of sp³-hybridized carbons (Fsp3) is 0.200. The predicted molar refractivity (Wildman–Crippen MR) is 71.3 cm³/mol. The molecular weight excluding hydrogens is 306 g/mol. The number of carbonyl (C=O) groups excluding carboxylic acids is 1. The number of thiazole rings is 1. The highest BCUT2D eigenvalue weighted by atomic mass is 79.9. The molecule has 0 bridgehead atoms. The molecule has 1 aromatic heterocycles. The highest BCUT2D eigenvalue weighted by molar-refractivity contribution is 9.10. The fourth-order valence-corrected chi connectivity index (χ4v) is 2.51. The number of rotatable bonds is 4. The summed E-state index contributed by atoms with van der Waals surface area (Å²) in [7, 11) is 0. The third-order valence-electron chi connectivity index (χ3n) is 1.97. The van der Waals surface area contributed by atoms with Crippen LogP contribution in [0.15, 0.2) is 22.7 Å². The standard InChI is InChI=1S/C10H10BrN3O2S/c11-6-1-2-8-7(5-6)14-10(17-8)13-3-4-16-9(12)15/h1-2,5H,3-4H2,(H2,12,15)(H,13,14). The van der Waals surface area contributed by atoms with Crippen LogP contribution in [0.4, 0.5) is 9.93 Å². The van der Waals surface area contributed by atoms with Gasteiger partial charge in [0.2, 0.25) is 0 Å². The lowest BCUT2D eigenvalue weighted by Gasteiger charge is -2.01. The van der Waals surface area contributed by atoms with E-state index < -0.39 is 6.09 Å². The molecule has 0 fully saturated rings. The molecule has 0 atom stereocenters. The molecule has 2 aromatic rings. The van der Waals surface area contributed by atoms with Crippen molar-refractivity contribution in [1.82, 2.24) is 4.98 Å². The number of anilines is 1. The smallest absolute Gasteiger partial charge is 0.404 e. The molecule has 0 aliphatic heterocycles. The fourth-order valence-electron chi connectivity index (χ4n) is 1.29. The summed E-state index contributed by atoms with van der Waals surface area (Å²) in [6.07, 6.45) is -0.764. The van der Waals surface area contributed by atoms with Crippen LogP contribution in [0.2, 0.25) is 0 Å². The molecular formula is C10H10BrN3O2S. The van der Waals surface area contributed by atoms with Gasteiger partial charge >= 0.3 is 6.09 Å². The summed E-state index contributed by atoms with van der Waals surface area (Å²) < 4.78 is 6.70. The molecule has 0 aliphatic rings. The van der Waals surface area contributed by atoms with Crippen LogP contribution >= 0.6 is 27.3 Å². The average molecular weight is 316 g/mol. The number of benzene rings is 1. The molecule has 0 spiro atoms. The van der Waals surface area contributed by atoms with Crippen LogP contribution in [-0.2, 0) is 4.74 Å². The van der Waals surface area contributed by atoms with E-state index in [0.29, 0.717) is 6.54 Å². The normalized spacial score (nSPS) is 10.4. The lowest BCUT2D eigenvalue weighted by molar-refractivity contribution is 0.161. The van der Waals surface area contributed by atoms with Crippen molar-refractivity contribution < 1.29 is 9.53 Å². The maximum absolute atomic E-state index is 10.3. The number of hydrogen-bond acceptors (Lipinski definition) is 5. The SMILES string of the molecule is NC(=O)OCCNc1nc2cc(Br)ccc2s1. The van der Waals surface area contributed by atoms with Gasteiger partial charge in [-0.2, -0.15) is 0 Å². The largest absolute Gasteiger partial charge is 0.448 e. The molecule has 0 radical (unpaired) electrons. The molecule has 0 saturated heterocycles. The minimum Gasteiger partial charge on any atom is -0.448 e. The van der Waals surface area contributed by atoms with Crippen LogP contribution in [0.1, 0.15) is 0 Å². The number of hydrogen-bond donors (Lipinski definition) is 2. The Morgan fingerprint density at radius 2 is 2.41 bits per heavy atom. The Labute approximate surface area is 110 Å². The van der Waals surface area contributed by atoms with Crippen LogP contribution in [0.3, 0.4) is 0 Å². The number of carbonyl (C=O) groups is 1. The molecule has 17 heavy (non-hydrogen) atoms. The number of aromatic nitrogens is 1. The number of fused-ring (bicyclic) bond motifs is 1. The van der Waals surface area contributed by atoms with Crippen molar-refractivity contribution in [1.29, 1.82) is 0 Å². The van der Waals surface area contributed by atoms with Crippen molar-refractivity contribution in [2.24, 2.45) is 5.73 Å². The number of halogens is 1. The van der Waals surface area contributed by atoms with E-state index in [4.69, 9.17) is 5.73 Å². The number of nitrogens with two attached hydrogens (primary N) is 1. The highest BCUT2D eigenvalue weighted by Gasteiger charge is 2.03. The van der Waals surface area contributed by atoms with E-state index in [-0.39, 0.29) is 6.61 Å². The number of ether oxygens (including phenoxy) is 1. The van der Waals surface area contributed by atoms with Gasteiger partial charge in [0.1, 0.15) is 6.61 Å². The summed E-state index contributed by atoms with van der Waals surface area (Å²) in [6.45, 7) is 0.721. The zero-order chi connectivity index (χ0) is 12.3. The van der Waals surface area contributed by atoms with Gasteiger partial charge in [0.15, 0.2) is 5.13 Å². The average Bonchev–Trinajstić information content (AvgIpc) is 2.66. The van der Waals surface area contributed by atoms with Crippen LogP contribution in [0.25, 0.3) is 10.2 Å². The summed E-state index contributed by atoms with van der Waals surface area (Å²) >= 11 is 4.94. The highest BCUT2D eigenvalue weighted by Crippen LogP contribution is 2.27. The zero-order valence-electron chi connectivity index (χ0n) is 8.77. The molecule has 90 valence electrons. The second-order valence-corrected chi connectivity index (χ2v) is 5.17. The van der Waals surface area contributed by atoms with Crippen LogP contribution < -0.4 is 11.1 Å². The summed E-state index contributed by atoms with van der Waals surface area (Å²) in [4.78, 5) is 14.7. The Balaban J connectivity index is 1.97. The number of nitrogens with zero attached hydrogens (tertiary/aromatic N) is 1. The molecule has 0 saturated carbocycles. The molecule has 1 heterocycles. The quantitative estimate of drug-likeness (QED) is 0.850. The Hall–Kier alpha value is -1.34. The van der Waals surface area contributed by atoms with E-state index >= 15 is 0 Å². The first-order chi connectivity index (χ1) is 8.15. The summed E-state index contributed by atoms with van der Waals surface area (Å²) in [5.74, 6) is 0. The Morgan fingerprint density at radius 3 is 3.18 bits per heavy atom. The van der Waals surface area contributed by atoms with Gasteiger partial charge in [0.25, 0.3) is 0 Å². The zero-order valence-corrected chi connectivity index (χ0v) is 11.2. The molecule has 0 unspecified atom stereocenters. The molecule has 3 N–H and O–H groups in total. The van der Waals surface area contributed by atoms with E-state index in [1.54, 1.807) is 11.3 Å². The molecule has 2 rings (SSSR count). The van der Waals surface area contributed by atoms with E-state index in [2.05, 4.69) is 31.0 Å². The summed E-state index contributed by atoms with van der Waals surface area (Å²) in [6, 6.07) is 5.93. The molecule has 0 aliphatic carbocycles. The van der Waals surface area contributed by atoms with Crippen molar-refractivity contribution in [2.45, 2.75) is 0 Å². The maximum Gasteiger partial charge on any atom is 0.404 e. The van der Waals surface area contributed by atoms with Gasteiger partial charge in [-0.15, -0.1) is 0 Å².